The lowest BCUT2D eigenvalue weighted by molar-refractivity contribution is -0.122. The van der Waals surface area contributed by atoms with Crippen LogP contribution in [0.1, 0.15) is 12.5 Å². The molecule has 0 saturated carbocycles. The van der Waals surface area contributed by atoms with Gasteiger partial charge in [-0.25, -0.2) is 4.99 Å². The average Bonchev–Trinajstić information content (AvgIpc) is 2.85. The number of carbonyl (C=O) groups excluding carboxylic acids is 1. The molecule has 1 aromatic rings. The Balaban J connectivity index is 1.86. The first kappa shape index (κ1) is 26.6. The first-order valence-corrected chi connectivity index (χ1v) is 12.3. The van der Waals surface area contributed by atoms with Crippen molar-refractivity contribution in [3.63, 3.8) is 0 Å². The fourth-order valence-electron chi connectivity index (χ4n) is 4.42. The zero-order chi connectivity index (χ0) is 25.0. The van der Waals surface area contributed by atoms with Gasteiger partial charge in [-0.1, -0.05) is 31.4 Å². The molecule has 4 bridgehead atoms. The number of nitrogens with one attached hydrogen (secondary N) is 3. The van der Waals surface area contributed by atoms with Crippen molar-refractivity contribution in [1.82, 2.24) is 25.3 Å². The molecule has 2 atom stereocenters. The van der Waals surface area contributed by atoms with E-state index in [9.17, 15) is 4.79 Å². The van der Waals surface area contributed by atoms with Gasteiger partial charge in [-0.15, -0.1) is 0 Å². The molecule has 0 spiro atoms. The van der Waals surface area contributed by atoms with Gasteiger partial charge in [-0.05, 0) is 24.6 Å². The zero-order valence-electron chi connectivity index (χ0n) is 21.1. The molecule has 0 aliphatic carbocycles. The summed E-state index contributed by atoms with van der Waals surface area (Å²) in [7, 11) is 2.01. The lowest BCUT2D eigenvalue weighted by Gasteiger charge is -2.34. The number of fused-ring (bicyclic) bond motifs is 12. The molecule has 9 heteroatoms. The Morgan fingerprint density at radius 1 is 1.11 bits per heavy atom. The van der Waals surface area contributed by atoms with Gasteiger partial charge in [0.25, 0.3) is 0 Å². The molecule has 0 aromatic heterocycles. The molecule has 1 saturated heterocycles. The Morgan fingerprint density at radius 2 is 1.86 bits per heavy atom. The van der Waals surface area contributed by atoms with Crippen molar-refractivity contribution < 1.29 is 4.79 Å². The topological polar surface area (TPSA) is 87.6 Å². The Kier molecular flexibility index (Phi) is 10.5. The van der Waals surface area contributed by atoms with E-state index in [0.29, 0.717) is 26.2 Å². The molecule has 3 aliphatic heterocycles. The summed E-state index contributed by atoms with van der Waals surface area (Å²) in [5, 5.41) is 10.2. The molecule has 190 valence electrons. The molecule has 9 nitrogen and oxygen atoms in total. The van der Waals surface area contributed by atoms with Crippen molar-refractivity contribution in [2.75, 3.05) is 64.7 Å². The van der Waals surface area contributed by atoms with E-state index in [1.807, 2.05) is 7.05 Å². The first-order chi connectivity index (χ1) is 17.0. The minimum Gasteiger partial charge on any atom is -0.364 e. The number of amides is 1. The number of carbonyl (C=O) groups is 1. The predicted molar refractivity (Wildman–Crippen MR) is 145 cm³/mol. The van der Waals surface area contributed by atoms with Crippen molar-refractivity contribution in [3.8, 4) is 0 Å². The number of allylic oxidation sites excluding steroid dienone is 1. The van der Waals surface area contributed by atoms with Crippen LogP contribution in [-0.4, -0.2) is 104 Å². The molecule has 2 unspecified atom stereocenters. The van der Waals surface area contributed by atoms with Crippen molar-refractivity contribution >= 4 is 23.6 Å². The second-order valence-electron chi connectivity index (χ2n) is 8.97. The molecule has 3 N–H and O–H groups in total. The highest BCUT2D eigenvalue weighted by Crippen LogP contribution is 2.17. The van der Waals surface area contributed by atoms with Crippen LogP contribution in [0.3, 0.4) is 0 Å². The molecule has 35 heavy (non-hydrogen) atoms. The minimum absolute atomic E-state index is 0.0526. The fraction of sp³-hybridized carbons (Fsp3) is 0.500. The van der Waals surface area contributed by atoms with E-state index in [0.717, 1.165) is 44.2 Å². The van der Waals surface area contributed by atoms with Crippen LogP contribution in [0.5, 0.6) is 0 Å². The fourth-order valence-corrected chi connectivity index (χ4v) is 4.42. The summed E-state index contributed by atoms with van der Waals surface area (Å²) < 4.78 is 0. The summed E-state index contributed by atoms with van der Waals surface area (Å²) in [4.78, 5) is 28.3. The summed E-state index contributed by atoms with van der Waals surface area (Å²) in [6, 6.07) is 8.50. The van der Waals surface area contributed by atoms with E-state index in [1.54, 1.807) is 18.5 Å². The lowest BCUT2D eigenvalue weighted by Crippen LogP contribution is -2.52. The van der Waals surface area contributed by atoms with E-state index in [-0.39, 0.29) is 18.1 Å². The van der Waals surface area contributed by atoms with Gasteiger partial charge in [0.15, 0.2) is 0 Å². The number of nitrogens with zero attached hydrogens (tertiary/aromatic N) is 5. The van der Waals surface area contributed by atoms with E-state index in [4.69, 9.17) is 0 Å². The SMILES string of the molecule is C=CC=NCC1Nc2cccc(c2)CN2CCN(CC2)CC(=O)NCCNC(C)C(=NC=C)N1C. The molecule has 0 radical (unpaired) electrons. The van der Waals surface area contributed by atoms with E-state index < -0.39 is 0 Å². The van der Waals surface area contributed by atoms with Crippen LogP contribution in [-0.2, 0) is 11.3 Å². The molecule has 1 fully saturated rings. The quantitative estimate of drug-likeness (QED) is 0.446. The molecule has 3 aliphatic rings. The average molecular weight is 481 g/mol. The molecule has 4 rings (SSSR count). The number of aliphatic imine (C=N–C) groups is 2. The normalized spacial score (nSPS) is 28.0. The minimum atomic E-state index is -0.130. The van der Waals surface area contributed by atoms with Gasteiger partial charge >= 0.3 is 0 Å². The van der Waals surface area contributed by atoms with Gasteiger partial charge in [0.1, 0.15) is 12.0 Å². The van der Waals surface area contributed by atoms with Crippen molar-refractivity contribution in [1.29, 1.82) is 0 Å². The summed E-state index contributed by atoms with van der Waals surface area (Å²) in [6.45, 7) is 16.4. The van der Waals surface area contributed by atoms with E-state index >= 15 is 0 Å². The molecule has 3 heterocycles. The number of amidine groups is 1. The lowest BCUT2D eigenvalue weighted by atomic mass is 10.1. The van der Waals surface area contributed by atoms with Crippen LogP contribution in [0.15, 0.2) is 59.7 Å². The summed E-state index contributed by atoms with van der Waals surface area (Å²) in [6.07, 6.45) is 4.83. The van der Waals surface area contributed by atoms with Gasteiger partial charge in [0.05, 0.1) is 19.1 Å². The maximum Gasteiger partial charge on any atom is 0.234 e. The van der Waals surface area contributed by atoms with E-state index in [2.05, 4.69) is 85.0 Å². The number of benzene rings is 1. The zero-order valence-corrected chi connectivity index (χ0v) is 21.1. The Labute approximate surface area is 209 Å². The van der Waals surface area contributed by atoms with Crippen molar-refractivity contribution in [2.24, 2.45) is 9.98 Å². The number of rotatable bonds is 4. The second-order valence-corrected chi connectivity index (χ2v) is 8.97. The third kappa shape index (κ3) is 8.31. The van der Waals surface area contributed by atoms with Gasteiger partial charge in [0, 0.05) is 71.0 Å². The van der Waals surface area contributed by atoms with Crippen LogP contribution < -0.4 is 16.0 Å². The van der Waals surface area contributed by atoms with Gasteiger partial charge in [-0.2, -0.15) is 0 Å². The van der Waals surface area contributed by atoms with Crippen LogP contribution in [0.2, 0.25) is 0 Å². The number of likely N-dealkylation sites (N-methyl/N-ethyl adjacent to an activating group) is 1. The third-order valence-corrected chi connectivity index (χ3v) is 6.33. The number of anilines is 1. The van der Waals surface area contributed by atoms with Gasteiger partial charge in [-0.3, -0.25) is 19.6 Å². The van der Waals surface area contributed by atoms with Crippen LogP contribution in [0.4, 0.5) is 5.69 Å². The maximum absolute atomic E-state index is 12.4. The van der Waals surface area contributed by atoms with Crippen LogP contribution in [0, 0.1) is 0 Å². The number of hydrogen-bond acceptors (Lipinski definition) is 7. The second kappa shape index (κ2) is 13.8. The summed E-state index contributed by atoms with van der Waals surface area (Å²) in [5.74, 6) is 0.905. The number of hydrogen-bond donors (Lipinski definition) is 3. The largest absolute Gasteiger partial charge is 0.364 e. The Hall–Kier alpha value is -3.01. The summed E-state index contributed by atoms with van der Waals surface area (Å²) in [5.41, 5.74) is 2.29. The number of piperazine rings is 1. The highest BCUT2D eigenvalue weighted by atomic mass is 16.2. The smallest absolute Gasteiger partial charge is 0.234 e. The van der Waals surface area contributed by atoms with Gasteiger partial charge < -0.3 is 20.9 Å². The highest BCUT2D eigenvalue weighted by molar-refractivity contribution is 5.88. The van der Waals surface area contributed by atoms with Crippen LogP contribution in [0.25, 0.3) is 0 Å². The molecule has 1 amide bonds. The molecular weight excluding hydrogens is 440 g/mol. The van der Waals surface area contributed by atoms with Gasteiger partial charge in [0.2, 0.25) is 5.91 Å². The van der Waals surface area contributed by atoms with Crippen molar-refractivity contribution in [2.45, 2.75) is 25.7 Å². The summed E-state index contributed by atoms with van der Waals surface area (Å²) >= 11 is 0. The standard InChI is InChI=1S/C26H40N8O/c1-5-10-27-18-24-31-23-9-7-8-22(17-23)19-33-13-15-34(16-14-33)20-25(35)30-12-11-29-21(3)26(28-6-2)32(24)4/h5-10,17,21,24,29,31H,1-2,11-16,18-20H2,3-4H3,(H,30,35). The Morgan fingerprint density at radius 3 is 2.57 bits per heavy atom. The molecular formula is C26H40N8O. The highest BCUT2D eigenvalue weighted by Gasteiger charge is 2.23. The third-order valence-electron chi connectivity index (χ3n) is 6.33. The van der Waals surface area contributed by atoms with Crippen LogP contribution >= 0.6 is 0 Å². The monoisotopic (exact) mass is 480 g/mol. The molecule has 1 aromatic carbocycles. The first-order valence-electron chi connectivity index (χ1n) is 12.3. The van der Waals surface area contributed by atoms with E-state index in [1.165, 1.54) is 5.56 Å². The predicted octanol–water partition coefficient (Wildman–Crippen LogP) is 1.38. The maximum atomic E-state index is 12.4. The Bertz CT molecular complexity index is 906. The van der Waals surface area contributed by atoms with Crippen molar-refractivity contribution in [3.05, 3.63) is 55.3 Å².